The fraction of sp³-hybridized carbons (Fsp3) is 0.364. The Labute approximate surface area is 82.3 Å². The monoisotopic (exact) mass is 192 g/mol. The molecule has 1 aliphatic heterocycles. The third kappa shape index (κ3) is 1.63. The number of hydrogen-bond donors (Lipinski definition) is 1. The van der Waals surface area contributed by atoms with Gasteiger partial charge in [-0.05, 0) is 25.0 Å². The number of carbonyl (C=O) groups excluding carboxylic acids is 1. The maximum absolute atomic E-state index is 11.1. The summed E-state index contributed by atoms with van der Waals surface area (Å²) in [7, 11) is 0. The molecule has 0 aromatic heterocycles. The lowest BCUT2D eigenvalue weighted by Crippen LogP contribution is -2.04. The molecule has 3 nitrogen and oxygen atoms in total. The van der Waals surface area contributed by atoms with Crippen LogP contribution in [0.4, 0.5) is 0 Å². The topological polar surface area (TPSA) is 46.5 Å². The molecule has 1 aliphatic rings. The lowest BCUT2D eigenvalue weighted by atomic mass is 10.0. The minimum atomic E-state index is -0.355. The lowest BCUT2D eigenvalue weighted by molar-refractivity contribution is 0.0535. The Morgan fingerprint density at radius 3 is 3.07 bits per heavy atom. The Morgan fingerprint density at radius 2 is 2.36 bits per heavy atom. The summed E-state index contributed by atoms with van der Waals surface area (Å²) in [6, 6.07) is 5.55. The van der Waals surface area contributed by atoms with Gasteiger partial charge in [0.2, 0.25) is 0 Å². The van der Waals surface area contributed by atoms with E-state index >= 15 is 0 Å². The summed E-state index contributed by atoms with van der Waals surface area (Å²) in [6.07, 6.45) is 0.257. The summed E-state index contributed by atoms with van der Waals surface area (Å²) in [5.74, 6) is -0.247. The highest BCUT2D eigenvalue weighted by Crippen LogP contribution is 2.21. The molecule has 1 aromatic rings. The minimum absolute atomic E-state index is 0.247. The molecule has 1 N–H and O–H groups in total. The standard InChI is InChI=1S/C11H12O3/c1-7(12)4-8-2-3-10-9(5-8)6-14-11(10)13/h2-3,5,7,12H,4,6H2,1H3. The molecule has 0 bridgehead atoms. The van der Waals surface area contributed by atoms with Gasteiger partial charge in [-0.15, -0.1) is 0 Å². The summed E-state index contributed by atoms with van der Waals surface area (Å²) in [4.78, 5) is 11.1. The van der Waals surface area contributed by atoms with Gasteiger partial charge in [0.15, 0.2) is 0 Å². The zero-order chi connectivity index (χ0) is 10.1. The van der Waals surface area contributed by atoms with E-state index in [1.165, 1.54) is 0 Å². The Bertz CT molecular complexity index is 369. The first-order valence-electron chi connectivity index (χ1n) is 4.64. The summed E-state index contributed by atoms with van der Waals surface area (Å²) in [6.45, 7) is 2.11. The van der Waals surface area contributed by atoms with E-state index in [-0.39, 0.29) is 12.1 Å². The second-order valence-corrected chi connectivity index (χ2v) is 3.62. The predicted molar refractivity (Wildman–Crippen MR) is 50.9 cm³/mol. The van der Waals surface area contributed by atoms with E-state index in [2.05, 4.69) is 0 Å². The van der Waals surface area contributed by atoms with Gasteiger partial charge in [0, 0.05) is 5.56 Å². The van der Waals surface area contributed by atoms with E-state index in [1.54, 1.807) is 13.0 Å². The number of rotatable bonds is 2. The van der Waals surface area contributed by atoms with E-state index in [9.17, 15) is 9.90 Å². The van der Waals surface area contributed by atoms with E-state index in [0.717, 1.165) is 11.1 Å². The van der Waals surface area contributed by atoms with Crippen molar-refractivity contribution in [1.82, 2.24) is 0 Å². The Morgan fingerprint density at radius 1 is 1.57 bits per heavy atom. The van der Waals surface area contributed by atoms with Crippen LogP contribution in [-0.4, -0.2) is 17.2 Å². The number of benzene rings is 1. The minimum Gasteiger partial charge on any atom is -0.457 e. The van der Waals surface area contributed by atoms with Crippen LogP contribution >= 0.6 is 0 Å². The number of cyclic esters (lactones) is 1. The first-order valence-corrected chi connectivity index (χ1v) is 4.64. The molecule has 1 atom stereocenters. The number of aliphatic hydroxyl groups excluding tert-OH is 1. The molecule has 0 amide bonds. The summed E-state index contributed by atoms with van der Waals surface area (Å²) >= 11 is 0. The van der Waals surface area contributed by atoms with Crippen molar-refractivity contribution < 1.29 is 14.6 Å². The van der Waals surface area contributed by atoms with Crippen LogP contribution < -0.4 is 0 Å². The first kappa shape index (κ1) is 9.21. The summed E-state index contributed by atoms with van der Waals surface area (Å²) < 4.78 is 4.88. The molecule has 74 valence electrons. The normalized spacial score (nSPS) is 16.3. The predicted octanol–water partition coefficient (Wildman–Crippen LogP) is 1.28. The summed E-state index contributed by atoms with van der Waals surface area (Å²) in [5.41, 5.74) is 2.62. The van der Waals surface area contributed by atoms with Crippen molar-refractivity contribution in [3.05, 3.63) is 34.9 Å². The van der Waals surface area contributed by atoms with E-state index in [0.29, 0.717) is 18.6 Å². The van der Waals surface area contributed by atoms with E-state index < -0.39 is 0 Å². The molecule has 1 unspecified atom stereocenters. The van der Waals surface area contributed by atoms with Gasteiger partial charge in [-0.3, -0.25) is 0 Å². The third-order valence-corrected chi connectivity index (χ3v) is 2.28. The second kappa shape index (κ2) is 3.42. The van der Waals surface area contributed by atoms with Gasteiger partial charge in [0.25, 0.3) is 0 Å². The highest BCUT2D eigenvalue weighted by molar-refractivity contribution is 5.93. The number of esters is 1. The largest absolute Gasteiger partial charge is 0.457 e. The Kier molecular flexibility index (Phi) is 2.25. The molecule has 0 spiro atoms. The molecule has 0 aliphatic carbocycles. The van der Waals surface area contributed by atoms with Crippen LogP contribution in [0.5, 0.6) is 0 Å². The molecule has 14 heavy (non-hydrogen) atoms. The quantitative estimate of drug-likeness (QED) is 0.718. The number of ether oxygens (including phenoxy) is 1. The van der Waals surface area contributed by atoms with Crippen LogP contribution in [0.25, 0.3) is 0 Å². The van der Waals surface area contributed by atoms with Gasteiger partial charge < -0.3 is 9.84 Å². The van der Waals surface area contributed by atoms with Crippen molar-refractivity contribution in [1.29, 1.82) is 0 Å². The SMILES string of the molecule is CC(O)Cc1ccc2c(c1)COC2=O. The number of carbonyl (C=O) groups is 1. The van der Waals surface area contributed by atoms with Gasteiger partial charge in [-0.25, -0.2) is 4.79 Å². The van der Waals surface area contributed by atoms with Crippen LogP contribution in [0.2, 0.25) is 0 Å². The molecule has 1 heterocycles. The highest BCUT2D eigenvalue weighted by atomic mass is 16.5. The molecule has 0 fully saturated rings. The number of hydrogen-bond acceptors (Lipinski definition) is 3. The maximum Gasteiger partial charge on any atom is 0.338 e. The van der Waals surface area contributed by atoms with E-state index in [4.69, 9.17) is 4.74 Å². The molecule has 1 aromatic carbocycles. The van der Waals surface area contributed by atoms with Gasteiger partial charge in [0.05, 0.1) is 11.7 Å². The fourth-order valence-corrected chi connectivity index (χ4v) is 1.65. The van der Waals surface area contributed by atoms with Crippen molar-refractivity contribution in [2.24, 2.45) is 0 Å². The van der Waals surface area contributed by atoms with Crippen molar-refractivity contribution in [3.63, 3.8) is 0 Å². The number of aliphatic hydroxyl groups is 1. The maximum atomic E-state index is 11.1. The Balaban J connectivity index is 2.28. The van der Waals surface area contributed by atoms with Crippen molar-refractivity contribution >= 4 is 5.97 Å². The van der Waals surface area contributed by atoms with Crippen LogP contribution in [0.1, 0.15) is 28.4 Å². The molecular weight excluding hydrogens is 180 g/mol. The van der Waals surface area contributed by atoms with Gasteiger partial charge >= 0.3 is 5.97 Å². The average molecular weight is 192 g/mol. The van der Waals surface area contributed by atoms with Crippen molar-refractivity contribution in [3.8, 4) is 0 Å². The molecule has 0 saturated carbocycles. The molecule has 3 heteroatoms. The summed E-state index contributed by atoms with van der Waals surface area (Å²) in [5, 5.41) is 9.21. The lowest BCUT2D eigenvalue weighted by Gasteiger charge is -2.04. The number of fused-ring (bicyclic) bond motifs is 1. The average Bonchev–Trinajstić information content (AvgIpc) is 2.46. The third-order valence-electron chi connectivity index (χ3n) is 2.28. The first-order chi connectivity index (χ1) is 6.66. The zero-order valence-corrected chi connectivity index (χ0v) is 7.99. The Hall–Kier alpha value is -1.35. The van der Waals surface area contributed by atoms with Crippen molar-refractivity contribution in [2.75, 3.05) is 0 Å². The van der Waals surface area contributed by atoms with Crippen LogP contribution in [0, 0.1) is 0 Å². The fourth-order valence-electron chi connectivity index (χ4n) is 1.65. The molecule has 0 radical (unpaired) electrons. The molecular formula is C11H12O3. The van der Waals surface area contributed by atoms with E-state index in [1.807, 2.05) is 12.1 Å². The van der Waals surface area contributed by atoms with Crippen molar-refractivity contribution in [2.45, 2.75) is 26.1 Å². The van der Waals surface area contributed by atoms with Gasteiger partial charge in [-0.1, -0.05) is 12.1 Å². The molecule has 0 saturated heterocycles. The zero-order valence-electron chi connectivity index (χ0n) is 7.99. The highest BCUT2D eigenvalue weighted by Gasteiger charge is 2.20. The van der Waals surface area contributed by atoms with Crippen LogP contribution in [0.3, 0.4) is 0 Å². The molecule has 2 rings (SSSR count). The second-order valence-electron chi connectivity index (χ2n) is 3.62. The smallest absolute Gasteiger partial charge is 0.338 e. The van der Waals surface area contributed by atoms with Crippen LogP contribution in [-0.2, 0) is 17.8 Å². The van der Waals surface area contributed by atoms with Gasteiger partial charge in [-0.2, -0.15) is 0 Å². The van der Waals surface area contributed by atoms with Crippen LogP contribution in [0.15, 0.2) is 18.2 Å². The van der Waals surface area contributed by atoms with Gasteiger partial charge in [0.1, 0.15) is 6.61 Å².